The quantitative estimate of drug-likeness (QED) is 0.164. The third-order valence-electron chi connectivity index (χ3n) is 10.9. The minimum atomic E-state index is -4.59. The van der Waals surface area contributed by atoms with Crippen molar-refractivity contribution >= 4 is 29.4 Å². The Morgan fingerprint density at radius 2 is 0.825 bits per heavy atom. The summed E-state index contributed by atoms with van der Waals surface area (Å²) >= 11 is 0. The standard InChI is InChI=1S/C38H43O16P3/c1-25(39)49-32-35(52-55(40)43-19-26-11-3-4-12-27(26)20-44-55)33-34(51-38(50-33)17-9-2-10-18-38)37(54-57(42)47-23-30-15-7-8-16-31(30)24-48-57)36(32)53-56(41)45-21-28-13-5-6-14-29(28)22-46-56/h3-8,11-16,32-37H,2,9-10,17-24H2,1H3/t32-,33+,34-,35-,36+,37+/m0/s1. The van der Waals surface area contributed by atoms with Crippen LogP contribution in [0.2, 0.25) is 0 Å². The summed E-state index contributed by atoms with van der Waals surface area (Å²) in [5.41, 5.74) is 4.38. The summed E-state index contributed by atoms with van der Waals surface area (Å²) in [7, 11) is -13.6. The van der Waals surface area contributed by atoms with Crippen molar-refractivity contribution in [2.45, 2.75) is 121 Å². The summed E-state index contributed by atoms with van der Waals surface area (Å²) in [6.45, 7) is 0.371. The van der Waals surface area contributed by atoms with Crippen LogP contribution in [0.3, 0.4) is 0 Å². The van der Waals surface area contributed by atoms with Crippen molar-refractivity contribution in [2.24, 2.45) is 0 Å². The van der Waals surface area contributed by atoms with Crippen molar-refractivity contribution in [1.29, 1.82) is 0 Å². The molecule has 19 heteroatoms. The number of carbonyl (C=O) groups excluding carboxylic acids is 1. The highest BCUT2D eigenvalue weighted by Gasteiger charge is 2.67. The minimum absolute atomic E-state index is 0.114. The van der Waals surface area contributed by atoms with E-state index in [1.54, 1.807) is 12.1 Å². The van der Waals surface area contributed by atoms with Gasteiger partial charge in [-0.1, -0.05) is 79.2 Å². The molecule has 3 aromatic rings. The van der Waals surface area contributed by atoms with E-state index in [9.17, 15) is 18.5 Å². The van der Waals surface area contributed by atoms with Crippen molar-refractivity contribution in [1.82, 2.24) is 0 Å². The molecule has 306 valence electrons. The lowest BCUT2D eigenvalue weighted by Crippen LogP contribution is -2.65. The van der Waals surface area contributed by atoms with E-state index in [4.69, 9.17) is 54.9 Å². The van der Waals surface area contributed by atoms with Crippen LogP contribution < -0.4 is 0 Å². The maximum absolute atomic E-state index is 14.6. The molecule has 1 spiro atoms. The molecule has 2 aliphatic carbocycles. The molecule has 0 amide bonds. The first-order chi connectivity index (χ1) is 27.5. The maximum Gasteiger partial charge on any atom is 0.475 e. The molecule has 4 aliphatic heterocycles. The van der Waals surface area contributed by atoms with E-state index < -0.39 is 71.8 Å². The first kappa shape index (κ1) is 39.8. The molecule has 0 radical (unpaired) electrons. The Labute approximate surface area is 329 Å². The van der Waals surface area contributed by atoms with E-state index in [1.807, 2.05) is 60.7 Å². The topological polar surface area (TPSA) is 179 Å². The number of phosphoric ester groups is 3. The SMILES string of the molecule is CC(=O)O[C@@H]1[C@@H](OP2(=O)OCc3ccccc3CO2)[C@H](OP2(=O)OCc3ccccc3CO2)[C@H]2OC3(CCCCC3)O[C@H]2[C@H]1OP1(=O)OCc2ccccc2CO1. The van der Waals surface area contributed by atoms with Crippen LogP contribution in [0.5, 0.6) is 0 Å². The molecule has 4 heterocycles. The van der Waals surface area contributed by atoms with E-state index >= 15 is 0 Å². The van der Waals surface area contributed by atoms with Crippen LogP contribution in [0.15, 0.2) is 72.8 Å². The molecule has 3 fully saturated rings. The van der Waals surface area contributed by atoms with Crippen LogP contribution in [-0.4, -0.2) is 48.4 Å². The normalized spacial score (nSPS) is 31.0. The zero-order valence-corrected chi connectivity index (χ0v) is 33.7. The van der Waals surface area contributed by atoms with Crippen molar-refractivity contribution in [3.63, 3.8) is 0 Å². The molecule has 1 saturated heterocycles. The molecular formula is C38H43O16P3. The Morgan fingerprint density at radius 1 is 0.509 bits per heavy atom. The lowest BCUT2D eigenvalue weighted by Gasteiger charge is -2.46. The van der Waals surface area contributed by atoms with Crippen LogP contribution in [-0.2, 0) is 113 Å². The molecule has 6 atom stereocenters. The molecule has 2 saturated carbocycles. The minimum Gasteiger partial charge on any atom is -0.457 e. The zero-order chi connectivity index (χ0) is 39.3. The highest BCUT2D eigenvalue weighted by Crippen LogP contribution is 2.63. The molecule has 0 aromatic heterocycles. The number of esters is 1. The molecule has 16 nitrogen and oxygen atoms in total. The van der Waals surface area contributed by atoms with Crippen LogP contribution >= 0.6 is 23.5 Å². The summed E-state index contributed by atoms with van der Waals surface area (Å²) in [6.07, 6.45) is -5.54. The lowest BCUT2D eigenvalue weighted by atomic mass is 9.85. The largest absolute Gasteiger partial charge is 0.475 e. The summed E-state index contributed by atoms with van der Waals surface area (Å²) in [6, 6.07) is 21.8. The Morgan fingerprint density at radius 3 is 1.16 bits per heavy atom. The van der Waals surface area contributed by atoms with Gasteiger partial charge >= 0.3 is 29.4 Å². The maximum atomic E-state index is 14.6. The van der Waals surface area contributed by atoms with Crippen LogP contribution in [0.1, 0.15) is 72.4 Å². The average Bonchev–Trinajstić information content (AvgIpc) is 3.30. The van der Waals surface area contributed by atoms with Crippen LogP contribution in [0, 0.1) is 0 Å². The summed E-state index contributed by atoms with van der Waals surface area (Å²) in [4.78, 5) is 13.1. The summed E-state index contributed by atoms with van der Waals surface area (Å²) < 4.78 is 117. The fourth-order valence-electron chi connectivity index (χ4n) is 8.08. The third kappa shape index (κ3) is 8.42. The molecule has 3 aromatic carbocycles. The Hall–Kier alpha value is -2.62. The van der Waals surface area contributed by atoms with Crippen LogP contribution in [0.4, 0.5) is 0 Å². The molecule has 57 heavy (non-hydrogen) atoms. The Kier molecular flexibility index (Phi) is 11.2. The number of rotatable bonds is 7. The van der Waals surface area contributed by atoms with Gasteiger partial charge in [0.2, 0.25) is 0 Å². The first-order valence-electron chi connectivity index (χ1n) is 19.0. The molecule has 6 aliphatic rings. The fourth-order valence-corrected chi connectivity index (χ4v) is 12.1. The Bertz CT molecular complexity index is 2030. The van der Waals surface area contributed by atoms with Gasteiger partial charge in [0.1, 0.15) is 30.5 Å². The van der Waals surface area contributed by atoms with Gasteiger partial charge in [-0.05, 0) is 46.2 Å². The fraction of sp³-hybridized carbons (Fsp3) is 0.500. The van der Waals surface area contributed by atoms with Gasteiger partial charge in [-0.2, -0.15) is 0 Å². The number of hydrogen-bond acceptors (Lipinski definition) is 16. The molecule has 0 unspecified atom stereocenters. The second kappa shape index (κ2) is 16.1. The Balaban J connectivity index is 1.11. The lowest BCUT2D eigenvalue weighted by molar-refractivity contribution is -0.205. The summed E-state index contributed by atoms with van der Waals surface area (Å²) in [5, 5.41) is 0. The molecule has 9 rings (SSSR count). The summed E-state index contributed by atoms with van der Waals surface area (Å²) in [5.74, 6) is -2.02. The molecule has 0 N–H and O–H groups in total. The molecule has 0 bridgehead atoms. The van der Waals surface area contributed by atoms with Crippen molar-refractivity contribution in [3.8, 4) is 0 Å². The highest BCUT2D eigenvalue weighted by molar-refractivity contribution is 7.49. The van der Waals surface area contributed by atoms with E-state index in [1.165, 1.54) is 0 Å². The number of ether oxygens (including phenoxy) is 3. The van der Waals surface area contributed by atoms with E-state index in [0.717, 1.165) is 48.4 Å². The van der Waals surface area contributed by atoms with Crippen molar-refractivity contribution in [2.75, 3.05) is 0 Å². The van der Waals surface area contributed by atoms with Gasteiger partial charge in [0, 0.05) is 19.8 Å². The molecular weight excluding hydrogens is 805 g/mol. The van der Waals surface area contributed by atoms with Gasteiger partial charge in [0.05, 0.1) is 39.6 Å². The van der Waals surface area contributed by atoms with Crippen molar-refractivity contribution < 1.29 is 73.4 Å². The van der Waals surface area contributed by atoms with Gasteiger partial charge in [0.25, 0.3) is 0 Å². The average molecular weight is 849 g/mol. The number of fused-ring (bicyclic) bond motifs is 4. The van der Waals surface area contributed by atoms with Crippen LogP contribution in [0.25, 0.3) is 0 Å². The zero-order valence-electron chi connectivity index (χ0n) is 31.0. The second-order valence-electron chi connectivity index (χ2n) is 14.7. The van der Waals surface area contributed by atoms with Crippen molar-refractivity contribution in [3.05, 3.63) is 106 Å². The third-order valence-corrected chi connectivity index (χ3v) is 15.1. The number of hydrogen-bond donors (Lipinski definition) is 0. The number of phosphoric acid groups is 3. The number of carbonyl (C=O) groups is 1. The van der Waals surface area contributed by atoms with E-state index in [-0.39, 0.29) is 39.6 Å². The first-order valence-corrected chi connectivity index (χ1v) is 23.3. The van der Waals surface area contributed by atoms with Gasteiger partial charge in [0.15, 0.2) is 11.9 Å². The second-order valence-corrected chi connectivity index (χ2v) is 19.6. The van der Waals surface area contributed by atoms with Gasteiger partial charge in [-0.25, -0.2) is 13.7 Å². The van der Waals surface area contributed by atoms with E-state index in [2.05, 4.69) is 0 Å². The van der Waals surface area contributed by atoms with Gasteiger partial charge < -0.3 is 14.2 Å². The number of benzene rings is 3. The monoisotopic (exact) mass is 848 g/mol. The predicted molar refractivity (Wildman–Crippen MR) is 197 cm³/mol. The van der Waals surface area contributed by atoms with Gasteiger partial charge in [-0.3, -0.25) is 45.5 Å². The van der Waals surface area contributed by atoms with E-state index in [0.29, 0.717) is 24.0 Å². The smallest absolute Gasteiger partial charge is 0.457 e. The van der Waals surface area contributed by atoms with Gasteiger partial charge in [-0.15, -0.1) is 0 Å². The predicted octanol–water partition coefficient (Wildman–Crippen LogP) is 8.10. The highest BCUT2D eigenvalue weighted by atomic mass is 31.2.